The number of hydrogen-bond acceptors (Lipinski definition) is 3. The van der Waals surface area contributed by atoms with Crippen LogP contribution in [-0.2, 0) is 6.42 Å². The van der Waals surface area contributed by atoms with Crippen molar-refractivity contribution < 1.29 is 19.0 Å². The Hall–Kier alpha value is -1.04. The van der Waals surface area contributed by atoms with Crippen molar-refractivity contribution in [3.8, 4) is 0 Å². The molecule has 1 aromatic carbocycles. The maximum Gasteiger partial charge on any atom is 0.129 e. The van der Waals surface area contributed by atoms with Crippen molar-refractivity contribution in [3.63, 3.8) is 0 Å². The first-order valence-electron chi connectivity index (χ1n) is 7.53. The number of rotatable bonds is 6. The van der Waals surface area contributed by atoms with Gasteiger partial charge in [-0.15, -0.1) is 0 Å². The molecule has 0 aliphatic carbocycles. The lowest BCUT2D eigenvalue weighted by Crippen LogP contribution is -2.40. The highest BCUT2D eigenvalue weighted by Crippen LogP contribution is 2.23. The number of benzene rings is 1. The van der Waals surface area contributed by atoms with E-state index in [0.29, 0.717) is 24.4 Å². The summed E-state index contributed by atoms with van der Waals surface area (Å²) in [7, 11) is 0. The summed E-state index contributed by atoms with van der Waals surface area (Å²) in [5, 5.41) is 18.3. The normalized spacial score (nSPS) is 18.9. The molecule has 21 heavy (non-hydrogen) atoms. The Labute approximate surface area is 124 Å². The highest BCUT2D eigenvalue weighted by atomic mass is 19.1. The highest BCUT2D eigenvalue weighted by molar-refractivity contribution is 5.18. The number of β-amino-alcohol motifs (C(OH)–C–C–N with tert-alkyl or cyclic N) is 1. The number of likely N-dealkylation sites (tertiary alicyclic amines) is 1. The van der Waals surface area contributed by atoms with E-state index in [1.807, 2.05) is 0 Å². The van der Waals surface area contributed by atoms with E-state index < -0.39 is 17.7 Å². The molecule has 5 heteroatoms. The van der Waals surface area contributed by atoms with Crippen molar-refractivity contribution >= 4 is 0 Å². The Kier molecular flexibility index (Phi) is 6.08. The molecule has 0 unspecified atom stereocenters. The quantitative estimate of drug-likeness (QED) is 0.844. The standard InChI is InChI=1S/C16H23F2NO2/c17-14-4-3-13(16(18)9-14)2-1-12-5-7-19(8-6-12)10-15(21)11-20/h3-4,9,12,15,20-21H,1-2,5-8,10-11H2/t15-/m1/s1. The van der Waals surface area contributed by atoms with E-state index in [1.54, 1.807) is 0 Å². The highest BCUT2D eigenvalue weighted by Gasteiger charge is 2.21. The van der Waals surface area contributed by atoms with Gasteiger partial charge in [0, 0.05) is 12.6 Å². The first-order valence-corrected chi connectivity index (χ1v) is 7.53. The van der Waals surface area contributed by atoms with Crippen LogP contribution in [0.15, 0.2) is 18.2 Å². The predicted molar refractivity (Wildman–Crippen MR) is 76.9 cm³/mol. The smallest absolute Gasteiger partial charge is 0.129 e. The van der Waals surface area contributed by atoms with Crippen molar-refractivity contribution in [2.24, 2.45) is 5.92 Å². The van der Waals surface area contributed by atoms with Crippen LogP contribution in [-0.4, -0.2) is 47.5 Å². The molecule has 2 N–H and O–H groups in total. The van der Waals surface area contributed by atoms with Crippen LogP contribution in [0.25, 0.3) is 0 Å². The molecule has 0 bridgehead atoms. The lowest BCUT2D eigenvalue weighted by atomic mass is 9.90. The van der Waals surface area contributed by atoms with Gasteiger partial charge in [0.05, 0.1) is 12.7 Å². The fourth-order valence-electron chi connectivity index (χ4n) is 2.90. The largest absolute Gasteiger partial charge is 0.394 e. The zero-order valence-corrected chi connectivity index (χ0v) is 12.1. The molecule has 118 valence electrons. The van der Waals surface area contributed by atoms with E-state index in [4.69, 9.17) is 5.11 Å². The van der Waals surface area contributed by atoms with Gasteiger partial charge >= 0.3 is 0 Å². The number of halogens is 2. The molecule has 0 saturated carbocycles. The number of aliphatic hydroxyl groups excluding tert-OH is 2. The van der Waals surface area contributed by atoms with Gasteiger partial charge in [-0.05, 0) is 56.3 Å². The average molecular weight is 299 g/mol. The van der Waals surface area contributed by atoms with Crippen molar-refractivity contribution in [2.45, 2.75) is 31.8 Å². The Balaban J connectivity index is 1.73. The molecular formula is C16H23F2NO2. The van der Waals surface area contributed by atoms with Crippen molar-refractivity contribution in [1.29, 1.82) is 0 Å². The van der Waals surface area contributed by atoms with Crippen LogP contribution >= 0.6 is 0 Å². The van der Waals surface area contributed by atoms with E-state index in [2.05, 4.69) is 4.90 Å². The summed E-state index contributed by atoms with van der Waals surface area (Å²) in [6.45, 7) is 2.10. The summed E-state index contributed by atoms with van der Waals surface area (Å²) in [6, 6.07) is 3.77. The predicted octanol–water partition coefficient (Wildman–Crippen LogP) is 1.96. The van der Waals surface area contributed by atoms with E-state index in [1.165, 1.54) is 12.1 Å². The third-order valence-electron chi connectivity index (χ3n) is 4.22. The molecule has 1 aliphatic rings. The number of hydrogen-bond donors (Lipinski definition) is 2. The topological polar surface area (TPSA) is 43.7 Å². The molecule has 2 rings (SSSR count). The molecule has 1 fully saturated rings. The van der Waals surface area contributed by atoms with Crippen LogP contribution in [0, 0.1) is 17.6 Å². The van der Waals surface area contributed by atoms with Crippen LogP contribution in [0.4, 0.5) is 8.78 Å². The van der Waals surface area contributed by atoms with Crippen LogP contribution in [0.5, 0.6) is 0 Å². The molecule has 1 saturated heterocycles. The zero-order chi connectivity index (χ0) is 15.2. The average Bonchev–Trinajstić information content (AvgIpc) is 2.48. The second kappa shape index (κ2) is 7.82. The first kappa shape index (κ1) is 16.3. The van der Waals surface area contributed by atoms with Gasteiger partial charge in [0.25, 0.3) is 0 Å². The van der Waals surface area contributed by atoms with Gasteiger partial charge in [-0.3, -0.25) is 0 Å². The van der Waals surface area contributed by atoms with Gasteiger partial charge in [0.15, 0.2) is 0 Å². The maximum atomic E-state index is 13.5. The lowest BCUT2D eigenvalue weighted by Gasteiger charge is -2.32. The van der Waals surface area contributed by atoms with Crippen LogP contribution < -0.4 is 0 Å². The summed E-state index contributed by atoms with van der Waals surface area (Å²) in [5.41, 5.74) is 0.578. The third-order valence-corrected chi connectivity index (χ3v) is 4.22. The minimum Gasteiger partial charge on any atom is -0.394 e. The number of nitrogens with zero attached hydrogens (tertiary/aromatic N) is 1. The van der Waals surface area contributed by atoms with Crippen LogP contribution in [0.2, 0.25) is 0 Å². The van der Waals surface area contributed by atoms with Gasteiger partial charge in [0.2, 0.25) is 0 Å². The second-order valence-corrected chi connectivity index (χ2v) is 5.85. The Morgan fingerprint density at radius 1 is 1.24 bits per heavy atom. The molecule has 1 aliphatic heterocycles. The van der Waals surface area contributed by atoms with Crippen molar-refractivity contribution in [2.75, 3.05) is 26.2 Å². The summed E-state index contributed by atoms with van der Waals surface area (Å²) in [6.07, 6.45) is 2.89. The van der Waals surface area contributed by atoms with E-state index in [-0.39, 0.29) is 6.61 Å². The van der Waals surface area contributed by atoms with Gasteiger partial charge in [-0.1, -0.05) is 6.07 Å². The van der Waals surface area contributed by atoms with Gasteiger partial charge in [-0.2, -0.15) is 0 Å². The monoisotopic (exact) mass is 299 g/mol. The molecule has 1 atom stereocenters. The van der Waals surface area contributed by atoms with Gasteiger partial charge in [0.1, 0.15) is 11.6 Å². The third kappa shape index (κ3) is 5.02. The summed E-state index contributed by atoms with van der Waals surface area (Å²) < 4.78 is 26.4. The Morgan fingerprint density at radius 2 is 1.95 bits per heavy atom. The fraction of sp³-hybridized carbons (Fsp3) is 0.625. The SMILES string of the molecule is OC[C@H](O)CN1CCC(CCc2ccc(F)cc2F)CC1. The molecule has 0 radical (unpaired) electrons. The Morgan fingerprint density at radius 3 is 2.57 bits per heavy atom. The van der Waals surface area contributed by atoms with Crippen molar-refractivity contribution in [1.82, 2.24) is 4.90 Å². The maximum absolute atomic E-state index is 13.5. The fourth-order valence-corrected chi connectivity index (χ4v) is 2.90. The molecule has 0 aromatic heterocycles. The minimum absolute atomic E-state index is 0.205. The molecule has 3 nitrogen and oxygen atoms in total. The summed E-state index contributed by atoms with van der Waals surface area (Å²) in [5.74, 6) is -0.456. The molecular weight excluding hydrogens is 276 g/mol. The summed E-state index contributed by atoms with van der Waals surface area (Å²) >= 11 is 0. The molecule has 0 spiro atoms. The van der Waals surface area contributed by atoms with Crippen molar-refractivity contribution in [3.05, 3.63) is 35.4 Å². The van der Waals surface area contributed by atoms with E-state index >= 15 is 0 Å². The lowest BCUT2D eigenvalue weighted by molar-refractivity contribution is 0.0468. The Bertz CT molecular complexity index is 448. The molecule has 0 amide bonds. The van der Waals surface area contributed by atoms with Crippen LogP contribution in [0.1, 0.15) is 24.8 Å². The summed E-state index contributed by atoms with van der Waals surface area (Å²) in [4.78, 5) is 2.15. The second-order valence-electron chi connectivity index (χ2n) is 5.85. The van der Waals surface area contributed by atoms with Gasteiger partial charge in [-0.25, -0.2) is 8.78 Å². The molecule has 1 heterocycles. The number of aryl methyl sites for hydroxylation is 1. The van der Waals surface area contributed by atoms with E-state index in [9.17, 15) is 13.9 Å². The first-order chi connectivity index (χ1) is 10.1. The zero-order valence-electron chi connectivity index (χ0n) is 12.1. The van der Waals surface area contributed by atoms with E-state index in [0.717, 1.165) is 38.4 Å². The van der Waals surface area contributed by atoms with Crippen LogP contribution in [0.3, 0.4) is 0 Å². The van der Waals surface area contributed by atoms with Gasteiger partial charge < -0.3 is 15.1 Å². The number of aliphatic hydroxyl groups is 2. The minimum atomic E-state index is -0.671. The molecule has 1 aromatic rings. The number of piperidine rings is 1.